The fourth-order valence-electron chi connectivity index (χ4n) is 1.49. The molecule has 5 heteroatoms. The number of aliphatic hydroxyl groups excluding tert-OH is 1. The van der Waals surface area contributed by atoms with Gasteiger partial charge in [0.1, 0.15) is 12.0 Å². The van der Waals surface area contributed by atoms with Crippen molar-refractivity contribution in [2.45, 2.75) is 18.9 Å². The van der Waals surface area contributed by atoms with Crippen LogP contribution in [-0.4, -0.2) is 29.6 Å². The van der Waals surface area contributed by atoms with Crippen LogP contribution in [-0.2, 0) is 16.0 Å². The molecule has 0 aliphatic heterocycles. The van der Waals surface area contributed by atoms with Gasteiger partial charge in [-0.1, -0.05) is 12.1 Å². The van der Waals surface area contributed by atoms with Gasteiger partial charge in [-0.05, 0) is 23.6 Å². The van der Waals surface area contributed by atoms with Crippen LogP contribution in [0.15, 0.2) is 18.2 Å². The van der Waals surface area contributed by atoms with E-state index >= 15 is 0 Å². The van der Waals surface area contributed by atoms with Crippen molar-refractivity contribution in [3.05, 3.63) is 29.3 Å². The normalized spacial score (nSPS) is 11.9. The van der Waals surface area contributed by atoms with Crippen molar-refractivity contribution in [1.82, 2.24) is 0 Å². The molecular formula is C12H14O5. The van der Waals surface area contributed by atoms with Crippen molar-refractivity contribution in [2.24, 2.45) is 0 Å². The Hall–Kier alpha value is -1.88. The number of aliphatic carboxylic acids is 1. The molecule has 0 saturated carbocycles. The third-order valence-corrected chi connectivity index (χ3v) is 2.39. The van der Waals surface area contributed by atoms with E-state index in [1.807, 2.05) is 0 Å². The van der Waals surface area contributed by atoms with Gasteiger partial charge in [0.05, 0.1) is 7.11 Å². The predicted octanol–water partition coefficient (Wildman–Crippen LogP) is 0.945. The van der Waals surface area contributed by atoms with E-state index in [-0.39, 0.29) is 5.56 Å². The van der Waals surface area contributed by atoms with Gasteiger partial charge in [-0.2, -0.15) is 0 Å². The Morgan fingerprint density at radius 2 is 2.24 bits per heavy atom. The predicted molar refractivity (Wildman–Crippen MR) is 60.0 cm³/mol. The Morgan fingerprint density at radius 3 is 2.76 bits per heavy atom. The third kappa shape index (κ3) is 3.29. The number of hydrogen-bond donors (Lipinski definition) is 2. The van der Waals surface area contributed by atoms with Crippen LogP contribution >= 0.6 is 0 Å². The summed E-state index contributed by atoms with van der Waals surface area (Å²) in [4.78, 5) is 20.9. The van der Waals surface area contributed by atoms with E-state index in [0.29, 0.717) is 18.6 Å². The molecule has 1 aromatic rings. The molecule has 1 unspecified atom stereocenters. The number of rotatable bonds is 6. The summed E-state index contributed by atoms with van der Waals surface area (Å²) in [6.45, 7) is 0. The van der Waals surface area contributed by atoms with Gasteiger partial charge in [0.15, 0.2) is 6.10 Å². The van der Waals surface area contributed by atoms with Crippen LogP contribution in [0.5, 0.6) is 5.75 Å². The highest BCUT2D eigenvalue weighted by Gasteiger charge is 2.17. The highest BCUT2D eigenvalue weighted by molar-refractivity contribution is 5.74. The average molecular weight is 238 g/mol. The van der Waals surface area contributed by atoms with Crippen LogP contribution in [0.2, 0.25) is 0 Å². The largest absolute Gasteiger partial charge is 0.496 e. The Bertz CT molecular complexity index is 413. The van der Waals surface area contributed by atoms with Gasteiger partial charge in [0.2, 0.25) is 0 Å². The lowest BCUT2D eigenvalue weighted by molar-refractivity contribution is -0.146. The molecule has 0 fully saturated rings. The van der Waals surface area contributed by atoms with Crippen LogP contribution in [0.3, 0.4) is 0 Å². The van der Waals surface area contributed by atoms with Gasteiger partial charge in [-0.25, -0.2) is 4.79 Å². The molecular weight excluding hydrogens is 224 g/mol. The fourth-order valence-corrected chi connectivity index (χ4v) is 1.49. The molecule has 1 aromatic carbocycles. The molecule has 0 aliphatic rings. The van der Waals surface area contributed by atoms with Gasteiger partial charge < -0.3 is 19.7 Å². The maximum absolute atomic E-state index is 10.6. The zero-order valence-corrected chi connectivity index (χ0v) is 9.42. The first-order chi connectivity index (χ1) is 8.10. The monoisotopic (exact) mass is 238 g/mol. The summed E-state index contributed by atoms with van der Waals surface area (Å²) in [5, 5.41) is 18.0. The summed E-state index contributed by atoms with van der Waals surface area (Å²) in [6, 6.07) is 4.64. The fraction of sp³-hybridized carbons (Fsp3) is 0.333. The molecule has 0 aliphatic carbocycles. The minimum absolute atomic E-state index is 0.254. The summed E-state index contributed by atoms with van der Waals surface area (Å²) >= 11 is 0. The van der Waals surface area contributed by atoms with E-state index in [1.165, 1.54) is 19.2 Å². The SMILES string of the molecule is COc1cc(C(O)C(=O)O)ccc1CCC=O. The minimum atomic E-state index is -1.57. The van der Waals surface area contributed by atoms with Crippen LogP contribution in [0.1, 0.15) is 23.7 Å². The van der Waals surface area contributed by atoms with E-state index < -0.39 is 12.1 Å². The summed E-state index contributed by atoms with van der Waals surface area (Å²) in [6.07, 6.45) is 0.135. The lowest BCUT2D eigenvalue weighted by atomic mass is 10.0. The summed E-state index contributed by atoms with van der Waals surface area (Å²) in [5.41, 5.74) is 1.06. The first-order valence-electron chi connectivity index (χ1n) is 5.11. The number of carbonyl (C=O) groups is 2. The van der Waals surface area contributed by atoms with Gasteiger partial charge in [-0.3, -0.25) is 0 Å². The number of carboxylic acid groups (broad SMARTS) is 1. The zero-order valence-electron chi connectivity index (χ0n) is 9.42. The minimum Gasteiger partial charge on any atom is -0.496 e. The van der Waals surface area contributed by atoms with Crippen LogP contribution in [0, 0.1) is 0 Å². The zero-order chi connectivity index (χ0) is 12.8. The Kier molecular flexibility index (Phi) is 4.66. The first-order valence-corrected chi connectivity index (χ1v) is 5.11. The van der Waals surface area contributed by atoms with Crippen molar-refractivity contribution in [3.63, 3.8) is 0 Å². The Labute approximate surface area is 98.6 Å². The lowest BCUT2D eigenvalue weighted by Gasteiger charge is -2.11. The molecule has 0 radical (unpaired) electrons. The quantitative estimate of drug-likeness (QED) is 0.721. The molecule has 0 amide bonds. The number of ether oxygens (including phenoxy) is 1. The molecule has 2 N–H and O–H groups in total. The van der Waals surface area contributed by atoms with Crippen molar-refractivity contribution in [1.29, 1.82) is 0 Å². The standard InChI is InChI=1S/C12H14O5/c1-17-10-7-9(11(14)12(15)16)5-4-8(10)3-2-6-13/h4-7,11,14H,2-3H2,1H3,(H,15,16). The number of hydrogen-bond acceptors (Lipinski definition) is 4. The van der Waals surface area contributed by atoms with Crippen LogP contribution < -0.4 is 4.74 Å². The second-order valence-electron chi connectivity index (χ2n) is 3.52. The number of carbonyl (C=O) groups excluding carboxylic acids is 1. The maximum Gasteiger partial charge on any atom is 0.337 e. The van der Waals surface area contributed by atoms with E-state index in [9.17, 15) is 14.7 Å². The summed E-state index contributed by atoms with van der Waals surface area (Å²) in [7, 11) is 1.46. The highest BCUT2D eigenvalue weighted by Crippen LogP contribution is 2.25. The van der Waals surface area contributed by atoms with Crippen LogP contribution in [0.4, 0.5) is 0 Å². The van der Waals surface area contributed by atoms with E-state index in [0.717, 1.165) is 11.8 Å². The van der Waals surface area contributed by atoms with Gasteiger partial charge >= 0.3 is 5.97 Å². The topological polar surface area (TPSA) is 83.8 Å². The Balaban J connectivity index is 2.99. The maximum atomic E-state index is 10.6. The van der Waals surface area contributed by atoms with Crippen LogP contribution in [0.25, 0.3) is 0 Å². The molecule has 5 nitrogen and oxygen atoms in total. The third-order valence-electron chi connectivity index (χ3n) is 2.39. The van der Waals surface area contributed by atoms with Gasteiger partial charge in [0.25, 0.3) is 0 Å². The van der Waals surface area contributed by atoms with Crippen molar-refractivity contribution < 1.29 is 24.5 Å². The molecule has 92 valence electrons. The van der Waals surface area contributed by atoms with Crippen molar-refractivity contribution in [2.75, 3.05) is 7.11 Å². The Morgan fingerprint density at radius 1 is 1.53 bits per heavy atom. The highest BCUT2D eigenvalue weighted by atomic mass is 16.5. The van der Waals surface area contributed by atoms with Gasteiger partial charge in [-0.15, -0.1) is 0 Å². The number of carboxylic acids is 1. The van der Waals surface area contributed by atoms with E-state index in [2.05, 4.69) is 0 Å². The summed E-state index contributed by atoms with van der Waals surface area (Å²) < 4.78 is 5.09. The average Bonchev–Trinajstić information content (AvgIpc) is 2.35. The molecule has 1 rings (SSSR count). The first kappa shape index (κ1) is 13.2. The molecule has 1 atom stereocenters. The molecule has 0 spiro atoms. The molecule has 0 bridgehead atoms. The number of benzene rings is 1. The molecule has 0 saturated heterocycles. The molecule has 0 heterocycles. The second kappa shape index (κ2) is 6.00. The lowest BCUT2D eigenvalue weighted by Crippen LogP contribution is -2.10. The van der Waals surface area contributed by atoms with Gasteiger partial charge in [0, 0.05) is 6.42 Å². The second-order valence-corrected chi connectivity index (χ2v) is 3.52. The number of aliphatic hydroxyl groups is 1. The molecule has 0 aromatic heterocycles. The number of methoxy groups -OCH3 is 1. The van der Waals surface area contributed by atoms with Crippen molar-refractivity contribution in [3.8, 4) is 5.75 Å². The molecule has 17 heavy (non-hydrogen) atoms. The summed E-state index contributed by atoms with van der Waals surface area (Å²) in [5.74, 6) is -0.836. The van der Waals surface area contributed by atoms with Crippen molar-refractivity contribution >= 4 is 12.3 Å². The smallest absolute Gasteiger partial charge is 0.337 e. The number of aldehydes is 1. The van der Waals surface area contributed by atoms with E-state index in [1.54, 1.807) is 6.07 Å². The number of aryl methyl sites for hydroxylation is 1. The van der Waals surface area contributed by atoms with E-state index in [4.69, 9.17) is 9.84 Å².